The molecule has 0 spiro atoms. The summed E-state index contributed by atoms with van der Waals surface area (Å²) in [5.74, 6) is 1.07. The Kier molecular flexibility index (Phi) is 5.20. The number of rotatable bonds is 6. The fourth-order valence-corrected chi connectivity index (χ4v) is 4.64. The first-order chi connectivity index (χ1) is 16.0. The van der Waals surface area contributed by atoms with E-state index in [4.69, 9.17) is 11.5 Å². The fraction of sp³-hybridized carbons (Fsp3) is 0.280. The molecule has 8 nitrogen and oxygen atoms in total. The first kappa shape index (κ1) is 20.9. The third-order valence-corrected chi connectivity index (χ3v) is 6.50. The number of benzene rings is 1. The number of H-pyrrole nitrogens is 1. The van der Waals surface area contributed by atoms with Crippen LogP contribution >= 0.6 is 0 Å². The van der Waals surface area contributed by atoms with Gasteiger partial charge in [0.15, 0.2) is 0 Å². The number of nitrogens with one attached hydrogen (secondary N) is 1. The molecule has 1 aliphatic heterocycles. The summed E-state index contributed by atoms with van der Waals surface area (Å²) in [4.78, 5) is 17.3. The van der Waals surface area contributed by atoms with Gasteiger partial charge in [-0.3, -0.25) is 9.48 Å². The number of hydrogen-bond donors (Lipinski definition) is 4. The minimum absolute atomic E-state index is 0.0664. The molecule has 3 heterocycles. The topological polar surface area (TPSA) is 126 Å². The first-order valence-corrected chi connectivity index (χ1v) is 11.2. The van der Waals surface area contributed by atoms with Gasteiger partial charge in [0.05, 0.1) is 25.0 Å². The van der Waals surface area contributed by atoms with Crippen molar-refractivity contribution >= 4 is 23.5 Å². The molecule has 1 saturated carbocycles. The van der Waals surface area contributed by atoms with Gasteiger partial charge in [0.25, 0.3) is 0 Å². The number of carbonyl (C=O) groups is 1. The summed E-state index contributed by atoms with van der Waals surface area (Å²) < 4.78 is 1.97. The molecule has 8 heteroatoms. The van der Waals surface area contributed by atoms with E-state index in [0.717, 1.165) is 35.4 Å². The van der Waals surface area contributed by atoms with Gasteiger partial charge in [-0.2, -0.15) is 5.10 Å². The highest BCUT2D eigenvalue weighted by atomic mass is 16.3. The Morgan fingerprint density at radius 1 is 1.30 bits per heavy atom. The van der Waals surface area contributed by atoms with E-state index in [1.807, 2.05) is 23.0 Å². The van der Waals surface area contributed by atoms with Gasteiger partial charge in [0.2, 0.25) is 5.91 Å². The Bertz CT molecular complexity index is 1260. The zero-order valence-corrected chi connectivity index (χ0v) is 18.4. The predicted octanol–water partition coefficient (Wildman–Crippen LogP) is 2.95. The number of para-hydroxylation sites is 1. The lowest BCUT2D eigenvalue weighted by molar-refractivity contribution is -0.127. The van der Waals surface area contributed by atoms with Crippen LogP contribution in [0.15, 0.2) is 43.1 Å². The molecule has 1 fully saturated rings. The number of fused-ring (bicyclic) bond motifs is 1. The van der Waals surface area contributed by atoms with Crippen molar-refractivity contribution in [1.82, 2.24) is 19.7 Å². The minimum atomic E-state index is -0.0664. The van der Waals surface area contributed by atoms with Crippen LogP contribution < -0.4 is 11.5 Å². The second-order valence-electron chi connectivity index (χ2n) is 8.72. The van der Waals surface area contributed by atoms with Crippen molar-refractivity contribution in [1.29, 1.82) is 0 Å². The molecule has 2 aromatic heterocycles. The summed E-state index contributed by atoms with van der Waals surface area (Å²) in [5.41, 5.74) is 19.0. The van der Waals surface area contributed by atoms with Crippen molar-refractivity contribution in [2.24, 2.45) is 5.73 Å². The van der Waals surface area contributed by atoms with Crippen LogP contribution in [0.5, 0.6) is 5.75 Å². The van der Waals surface area contributed by atoms with Crippen LogP contribution in [-0.2, 0) is 24.3 Å². The van der Waals surface area contributed by atoms with E-state index in [-0.39, 0.29) is 11.7 Å². The molecule has 0 atom stereocenters. The number of phenols is 1. The second kappa shape index (κ2) is 8.20. The number of aromatic amines is 1. The van der Waals surface area contributed by atoms with Crippen LogP contribution in [0.4, 0.5) is 5.82 Å². The fourth-order valence-electron chi connectivity index (χ4n) is 4.64. The summed E-state index contributed by atoms with van der Waals surface area (Å²) in [6.45, 7) is 5.42. The average molecular weight is 445 g/mol. The van der Waals surface area contributed by atoms with Crippen molar-refractivity contribution in [3.05, 3.63) is 76.8 Å². The lowest BCUT2D eigenvalue weighted by Crippen LogP contribution is -2.37. The van der Waals surface area contributed by atoms with Gasteiger partial charge in [-0.15, -0.1) is 0 Å². The molecule has 0 radical (unpaired) electrons. The summed E-state index contributed by atoms with van der Waals surface area (Å²) in [7, 11) is 0. The molecule has 0 saturated heterocycles. The van der Waals surface area contributed by atoms with E-state index in [1.165, 1.54) is 11.6 Å². The summed E-state index contributed by atoms with van der Waals surface area (Å²) in [6, 6.07) is 7.01. The van der Waals surface area contributed by atoms with Crippen LogP contribution in [0.2, 0.25) is 0 Å². The first-order valence-electron chi connectivity index (χ1n) is 11.2. The number of phenolic OH excluding ortho intramolecular Hbond substituents is 1. The lowest BCUT2D eigenvalue weighted by Gasteiger charge is -2.27. The third kappa shape index (κ3) is 3.88. The maximum atomic E-state index is 12.1. The van der Waals surface area contributed by atoms with Crippen molar-refractivity contribution in [3.63, 3.8) is 0 Å². The van der Waals surface area contributed by atoms with Crippen molar-refractivity contribution in [2.45, 2.75) is 38.3 Å². The molecule has 0 bridgehead atoms. The van der Waals surface area contributed by atoms with Crippen LogP contribution in [0.1, 0.15) is 52.4 Å². The van der Waals surface area contributed by atoms with E-state index in [2.05, 4.69) is 16.7 Å². The average Bonchev–Trinajstić information content (AvgIpc) is 3.51. The molecule has 1 amide bonds. The molecule has 3 aromatic rings. The molecular weight excluding hydrogens is 416 g/mol. The third-order valence-electron chi connectivity index (χ3n) is 6.50. The van der Waals surface area contributed by atoms with Gasteiger partial charge in [0, 0.05) is 41.0 Å². The zero-order valence-electron chi connectivity index (χ0n) is 18.4. The standard InChI is InChI=1S/C25H28N6O2/c1-2-23(33)30-9-10-31-21(14-30)16(13-28-31)11-20-24(15-7-8-15)18(25(27)29-20)12-19(26)17-5-3-4-6-22(17)32/h2-6,12-13,15,29,32H,1,7-11,14,26-27H2/b19-12-. The molecule has 1 aliphatic carbocycles. The predicted molar refractivity (Wildman–Crippen MR) is 128 cm³/mol. The van der Waals surface area contributed by atoms with E-state index >= 15 is 0 Å². The molecular formula is C25H28N6O2. The maximum Gasteiger partial charge on any atom is 0.246 e. The van der Waals surface area contributed by atoms with Crippen molar-refractivity contribution in [3.8, 4) is 5.75 Å². The molecule has 1 aromatic carbocycles. The number of aromatic nitrogens is 3. The molecule has 170 valence electrons. The van der Waals surface area contributed by atoms with E-state index in [0.29, 0.717) is 49.1 Å². The monoisotopic (exact) mass is 444 g/mol. The van der Waals surface area contributed by atoms with Gasteiger partial charge in [0.1, 0.15) is 11.6 Å². The van der Waals surface area contributed by atoms with E-state index in [1.54, 1.807) is 23.1 Å². The quantitative estimate of drug-likeness (QED) is 0.435. The Morgan fingerprint density at radius 3 is 2.82 bits per heavy atom. The summed E-state index contributed by atoms with van der Waals surface area (Å²) in [5, 5.41) is 14.7. The number of hydrogen-bond acceptors (Lipinski definition) is 5. The Hall–Kier alpha value is -3.94. The van der Waals surface area contributed by atoms with Gasteiger partial charge >= 0.3 is 0 Å². The number of nitrogens with two attached hydrogens (primary N) is 2. The van der Waals surface area contributed by atoms with Gasteiger partial charge < -0.3 is 26.5 Å². The molecule has 33 heavy (non-hydrogen) atoms. The highest BCUT2D eigenvalue weighted by Gasteiger charge is 2.32. The van der Waals surface area contributed by atoms with Gasteiger partial charge in [-0.1, -0.05) is 18.7 Å². The maximum absolute atomic E-state index is 12.1. The van der Waals surface area contributed by atoms with Gasteiger partial charge in [-0.05, 0) is 48.6 Å². The molecule has 5 rings (SSSR count). The van der Waals surface area contributed by atoms with Crippen LogP contribution in [0.25, 0.3) is 11.8 Å². The van der Waals surface area contributed by atoms with Crippen molar-refractivity contribution < 1.29 is 9.90 Å². The normalized spacial score (nSPS) is 16.0. The smallest absolute Gasteiger partial charge is 0.246 e. The number of anilines is 1. The van der Waals surface area contributed by atoms with Crippen molar-refractivity contribution in [2.75, 3.05) is 12.3 Å². The number of carbonyl (C=O) groups excluding carboxylic acids is 1. The Labute approximate surface area is 192 Å². The van der Waals surface area contributed by atoms with Crippen LogP contribution in [-0.4, -0.2) is 37.2 Å². The number of aromatic hydroxyl groups is 1. The Balaban J connectivity index is 1.49. The second-order valence-corrected chi connectivity index (χ2v) is 8.72. The lowest BCUT2D eigenvalue weighted by atomic mass is 9.99. The van der Waals surface area contributed by atoms with Crippen LogP contribution in [0.3, 0.4) is 0 Å². The van der Waals surface area contributed by atoms with E-state index < -0.39 is 0 Å². The Morgan fingerprint density at radius 2 is 2.09 bits per heavy atom. The highest BCUT2D eigenvalue weighted by molar-refractivity contribution is 5.87. The zero-order chi connectivity index (χ0) is 23.1. The molecule has 2 aliphatic rings. The van der Waals surface area contributed by atoms with E-state index in [9.17, 15) is 9.90 Å². The highest BCUT2D eigenvalue weighted by Crippen LogP contribution is 2.46. The molecule has 0 unspecified atom stereocenters. The van der Waals surface area contributed by atoms with Crippen LogP contribution in [0, 0.1) is 0 Å². The molecule has 6 N–H and O–H groups in total. The minimum Gasteiger partial charge on any atom is -0.507 e. The summed E-state index contributed by atoms with van der Waals surface area (Å²) >= 11 is 0. The summed E-state index contributed by atoms with van der Waals surface area (Å²) in [6.07, 6.45) is 7.96. The number of nitrogen functional groups attached to an aromatic ring is 1. The number of nitrogens with zero attached hydrogens (tertiary/aromatic N) is 3. The SMILES string of the molecule is C=CC(=O)N1CCn2ncc(Cc3[nH]c(N)c(/C=C(\N)c4ccccc4O)c3C3CC3)c2C1. The number of amides is 1. The largest absolute Gasteiger partial charge is 0.507 e. The van der Waals surface area contributed by atoms with Gasteiger partial charge in [-0.25, -0.2) is 0 Å².